The summed E-state index contributed by atoms with van der Waals surface area (Å²) in [5.41, 5.74) is 6.64. The minimum Gasteiger partial charge on any atom is -0.325 e. The Morgan fingerprint density at radius 1 is 1.14 bits per heavy atom. The summed E-state index contributed by atoms with van der Waals surface area (Å²) in [7, 11) is 0. The molecule has 0 heterocycles. The molecular weight excluding hydrogens is 170 g/mol. The summed E-state index contributed by atoms with van der Waals surface area (Å²) in [4.78, 5) is 0. The van der Waals surface area contributed by atoms with E-state index in [-0.39, 0.29) is 5.54 Å². The van der Waals surface area contributed by atoms with Crippen molar-refractivity contribution in [3.63, 3.8) is 0 Å². The van der Waals surface area contributed by atoms with Crippen LogP contribution in [-0.2, 0) is 0 Å². The predicted molar refractivity (Wildman–Crippen MR) is 61.0 cm³/mol. The lowest BCUT2D eigenvalue weighted by Gasteiger charge is -2.34. The molecule has 2 unspecified atom stereocenters. The van der Waals surface area contributed by atoms with Crippen molar-refractivity contribution in [3.8, 4) is 0 Å². The van der Waals surface area contributed by atoms with E-state index in [1.807, 2.05) is 0 Å². The summed E-state index contributed by atoms with van der Waals surface area (Å²) in [6.45, 7) is 7.04. The number of hydrogen-bond acceptors (Lipinski definition) is 1. The molecule has 1 nitrogen and oxygen atoms in total. The highest BCUT2D eigenvalue weighted by Crippen LogP contribution is 2.52. The van der Waals surface area contributed by atoms with E-state index in [1.54, 1.807) is 0 Å². The largest absolute Gasteiger partial charge is 0.325 e. The third kappa shape index (κ3) is 1.71. The lowest BCUT2D eigenvalue weighted by Crippen LogP contribution is -2.37. The molecule has 82 valence electrons. The Labute approximate surface area is 88.4 Å². The molecule has 2 aliphatic carbocycles. The Kier molecular flexibility index (Phi) is 2.63. The van der Waals surface area contributed by atoms with Crippen LogP contribution in [0.5, 0.6) is 0 Å². The molecule has 2 aliphatic rings. The van der Waals surface area contributed by atoms with Crippen molar-refractivity contribution in [2.24, 2.45) is 29.4 Å². The molecule has 0 aromatic carbocycles. The van der Waals surface area contributed by atoms with Crippen LogP contribution in [-0.4, -0.2) is 5.54 Å². The van der Waals surface area contributed by atoms with Gasteiger partial charge in [-0.2, -0.15) is 0 Å². The second-order valence-corrected chi connectivity index (χ2v) is 6.07. The highest BCUT2D eigenvalue weighted by molar-refractivity contribution is 5.10. The van der Waals surface area contributed by atoms with Gasteiger partial charge in [0.1, 0.15) is 0 Å². The highest BCUT2D eigenvalue weighted by atomic mass is 14.9. The lowest BCUT2D eigenvalue weighted by molar-refractivity contribution is 0.191. The molecule has 0 saturated heterocycles. The quantitative estimate of drug-likeness (QED) is 0.719. The molecule has 0 amide bonds. The van der Waals surface area contributed by atoms with E-state index in [0.717, 1.165) is 23.7 Å². The van der Waals surface area contributed by atoms with Crippen molar-refractivity contribution in [1.29, 1.82) is 0 Å². The van der Waals surface area contributed by atoms with Crippen molar-refractivity contribution in [2.75, 3.05) is 0 Å². The zero-order chi connectivity index (χ0) is 10.3. The third-order valence-electron chi connectivity index (χ3n) is 4.89. The summed E-state index contributed by atoms with van der Waals surface area (Å²) < 4.78 is 0. The maximum atomic E-state index is 6.39. The molecule has 1 heteroatoms. The third-order valence-corrected chi connectivity index (χ3v) is 4.89. The van der Waals surface area contributed by atoms with Gasteiger partial charge in [-0.3, -0.25) is 0 Å². The predicted octanol–water partition coefficient (Wildman–Crippen LogP) is 3.19. The average Bonchev–Trinajstić information content (AvgIpc) is 2.76. The van der Waals surface area contributed by atoms with Gasteiger partial charge in [-0.25, -0.2) is 0 Å². The van der Waals surface area contributed by atoms with Gasteiger partial charge in [-0.05, 0) is 55.8 Å². The first-order valence-corrected chi connectivity index (χ1v) is 6.33. The first kappa shape index (κ1) is 10.5. The van der Waals surface area contributed by atoms with Gasteiger partial charge in [0.25, 0.3) is 0 Å². The monoisotopic (exact) mass is 195 g/mol. The van der Waals surface area contributed by atoms with Crippen LogP contribution in [0.25, 0.3) is 0 Å². The van der Waals surface area contributed by atoms with Crippen LogP contribution < -0.4 is 5.73 Å². The molecule has 0 radical (unpaired) electrons. The number of hydrogen-bond donors (Lipinski definition) is 1. The molecule has 0 spiro atoms. The molecule has 2 saturated carbocycles. The molecule has 2 rings (SSSR count). The van der Waals surface area contributed by atoms with Crippen molar-refractivity contribution in [1.82, 2.24) is 0 Å². The van der Waals surface area contributed by atoms with Gasteiger partial charge in [0.05, 0.1) is 0 Å². The van der Waals surface area contributed by atoms with Crippen LogP contribution in [0.1, 0.15) is 52.9 Å². The van der Waals surface area contributed by atoms with Crippen molar-refractivity contribution in [2.45, 2.75) is 58.4 Å². The van der Waals surface area contributed by atoms with Gasteiger partial charge in [-0.15, -0.1) is 0 Å². The molecule has 14 heavy (non-hydrogen) atoms. The van der Waals surface area contributed by atoms with E-state index in [1.165, 1.54) is 32.1 Å². The fourth-order valence-corrected chi connectivity index (χ4v) is 3.36. The average molecular weight is 195 g/mol. The van der Waals surface area contributed by atoms with E-state index in [9.17, 15) is 0 Å². The summed E-state index contributed by atoms with van der Waals surface area (Å²) in [6.07, 6.45) is 6.92. The summed E-state index contributed by atoms with van der Waals surface area (Å²) in [5, 5.41) is 0. The topological polar surface area (TPSA) is 26.0 Å². The van der Waals surface area contributed by atoms with Crippen LogP contribution in [0.2, 0.25) is 0 Å². The van der Waals surface area contributed by atoms with E-state index >= 15 is 0 Å². The van der Waals surface area contributed by atoms with Gasteiger partial charge in [0.15, 0.2) is 0 Å². The molecule has 0 aromatic heterocycles. The minimum absolute atomic E-state index is 0.252. The first-order valence-electron chi connectivity index (χ1n) is 6.33. The maximum Gasteiger partial charge on any atom is 0.0212 e. The molecule has 2 atom stereocenters. The second-order valence-electron chi connectivity index (χ2n) is 6.07. The number of nitrogens with two attached hydrogens (primary N) is 1. The molecule has 2 N–H and O–H groups in total. The lowest BCUT2D eigenvalue weighted by atomic mass is 9.73. The molecule has 2 fully saturated rings. The maximum absolute atomic E-state index is 6.39. The summed E-state index contributed by atoms with van der Waals surface area (Å²) in [5.74, 6) is 3.49. The van der Waals surface area contributed by atoms with Gasteiger partial charge in [0, 0.05) is 5.54 Å². The van der Waals surface area contributed by atoms with Gasteiger partial charge in [-0.1, -0.05) is 20.8 Å². The number of rotatable bonds is 2. The van der Waals surface area contributed by atoms with Crippen LogP contribution in [0.15, 0.2) is 0 Å². The van der Waals surface area contributed by atoms with Crippen LogP contribution in [0, 0.1) is 23.7 Å². The zero-order valence-electron chi connectivity index (χ0n) is 9.92. The Balaban J connectivity index is 1.85. The van der Waals surface area contributed by atoms with Gasteiger partial charge >= 0.3 is 0 Å². The van der Waals surface area contributed by atoms with Gasteiger partial charge < -0.3 is 5.73 Å². The van der Waals surface area contributed by atoms with E-state index in [0.29, 0.717) is 0 Å². The standard InChI is InChI=1S/C13H25N/c1-9(2)11-4-6-12(7-5-11)13(14)8-10(13)3/h9-12H,4-8,14H2,1-3H3. The highest BCUT2D eigenvalue weighted by Gasteiger charge is 2.53. The Morgan fingerprint density at radius 3 is 2.00 bits per heavy atom. The molecule has 0 bridgehead atoms. The van der Waals surface area contributed by atoms with E-state index < -0.39 is 0 Å². The molecular formula is C13H25N. The van der Waals surface area contributed by atoms with Crippen molar-refractivity contribution < 1.29 is 0 Å². The molecule has 0 aromatic rings. The van der Waals surface area contributed by atoms with Crippen molar-refractivity contribution in [3.05, 3.63) is 0 Å². The van der Waals surface area contributed by atoms with Crippen LogP contribution >= 0.6 is 0 Å². The van der Waals surface area contributed by atoms with E-state index in [4.69, 9.17) is 5.73 Å². The molecule has 0 aliphatic heterocycles. The van der Waals surface area contributed by atoms with Crippen molar-refractivity contribution >= 4 is 0 Å². The van der Waals surface area contributed by atoms with Crippen LogP contribution in [0.4, 0.5) is 0 Å². The zero-order valence-corrected chi connectivity index (χ0v) is 9.92. The minimum atomic E-state index is 0.252. The Bertz CT molecular complexity index is 203. The summed E-state index contributed by atoms with van der Waals surface area (Å²) in [6, 6.07) is 0. The van der Waals surface area contributed by atoms with Crippen LogP contribution in [0.3, 0.4) is 0 Å². The van der Waals surface area contributed by atoms with E-state index in [2.05, 4.69) is 20.8 Å². The summed E-state index contributed by atoms with van der Waals surface area (Å²) >= 11 is 0. The smallest absolute Gasteiger partial charge is 0.0212 e. The SMILES string of the molecule is CC(C)C1CCC(C2(N)CC2C)CC1. The van der Waals surface area contributed by atoms with Gasteiger partial charge in [0.2, 0.25) is 0 Å². The normalized spacial score (nSPS) is 48.2. The fraction of sp³-hybridized carbons (Fsp3) is 1.00. The Morgan fingerprint density at radius 2 is 1.64 bits per heavy atom. The second kappa shape index (κ2) is 3.52. The first-order chi connectivity index (χ1) is 6.54. The Hall–Kier alpha value is -0.0400. The fourth-order valence-electron chi connectivity index (χ4n) is 3.36.